The number of hydrogen-bond donors (Lipinski definition) is 2. The largest absolute Gasteiger partial charge is 0.366 e. The van der Waals surface area contributed by atoms with Crippen LogP contribution in [0.25, 0.3) is 0 Å². The first-order chi connectivity index (χ1) is 10.0. The number of nitrogens with zero attached hydrogens (tertiary/aromatic N) is 1. The zero-order chi connectivity index (χ0) is 15.4. The zero-order valence-electron chi connectivity index (χ0n) is 12.5. The van der Waals surface area contributed by atoms with Crippen LogP contribution in [0.3, 0.4) is 0 Å². The van der Waals surface area contributed by atoms with E-state index in [1.165, 1.54) is 6.07 Å². The van der Waals surface area contributed by atoms with Gasteiger partial charge >= 0.3 is 0 Å². The topological polar surface area (TPSA) is 72.3 Å². The van der Waals surface area contributed by atoms with Crippen LogP contribution < -0.4 is 11.5 Å². The Labute approximate surface area is 125 Å². The Morgan fingerprint density at radius 2 is 2.00 bits per heavy atom. The first kappa shape index (κ1) is 15.9. The normalized spacial score (nSPS) is 22.5. The van der Waals surface area contributed by atoms with Crippen molar-refractivity contribution < 1.29 is 9.18 Å². The first-order valence-corrected chi connectivity index (χ1v) is 7.59. The number of carbonyl (C=O) groups excluding carboxylic acids is 1. The first-order valence-electron chi connectivity index (χ1n) is 7.59. The quantitative estimate of drug-likeness (QED) is 0.872. The molecule has 1 amide bonds. The molecule has 1 fully saturated rings. The minimum atomic E-state index is -0.603. The highest BCUT2D eigenvalue weighted by Crippen LogP contribution is 2.24. The molecule has 1 aromatic rings. The zero-order valence-corrected chi connectivity index (χ0v) is 12.5. The third-order valence-corrected chi connectivity index (χ3v) is 4.37. The van der Waals surface area contributed by atoms with E-state index >= 15 is 0 Å². The summed E-state index contributed by atoms with van der Waals surface area (Å²) in [6.07, 6.45) is 4.19. The highest BCUT2D eigenvalue weighted by molar-refractivity contribution is 5.92. The predicted octanol–water partition coefficient (Wildman–Crippen LogP) is 2.02. The molecular weight excluding hydrogens is 269 g/mol. The molecule has 0 aliphatic heterocycles. The van der Waals surface area contributed by atoms with Gasteiger partial charge in [-0.05, 0) is 44.4 Å². The molecule has 0 atom stereocenters. The molecule has 4 nitrogen and oxygen atoms in total. The van der Waals surface area contributed by atoms with Gasteiger partial charge < -0.3 is 11.5 Å². The highest BCUT2D eigenvalue weighted by atomic mass is 19.1. The monoisotopic (exact) mass is 293 g/mol. The number of nitrogens with two attached hydrogens (primary N) is 2. The van der Waals surface area contributed by atoms with Crippen LogP contribution in [0.1, 0.15) is 48.5 Å². The van der Waals surface area contributed by atoms with Crippen molar-refractivity contribution in [1.82, 2.24) is 4.90 Å². The van der Waals surface area contributed by atoms with Crippen LogP contribution in [-0.2, 0) is 6.54 Å². The average Bonchev–Trinajstić information content (AvgIpc) is 2.47. The molecule has 21 heavy (non-hydrogen) atoms. The van der Waals surface area contributed by atoms with Crippen LogP contribution in [0.5, 0.6) is 0 Å². The van der Waals surface area contributed by atoms with E-state index in [1.54, 1.807) is 12.1 Å². The molecule has 0 spiro atoms. The van der Waals surface area contributed by atoms with E-state index in [9.17, 15) is 9.18 Å². The Morgan fingerprint density at radius 1 is 1.33 bits per heavy atom. The Bertz CT molecular complexity index is 498. The fourth-order valence-corrected chi connectivity index (χ4v) is 3.01. The fraction of sp³-hybridized carbons (Fsp3) is 0.562. The summed E-state index contributed by atoms with van der Waals surface area (Å²) in [6, 6.07) is 5.25. The third-order valence-electron chi connectivity index (χ3n) is 4.37. The SMILES string of the molecule is CCN(Cc1ccc(C(N)=O)cc1F)C1CCC(N)CC1. The molecule has 0 unspecified atom stereocenters. The molecule has 5 heteroatoms. The number of halogens is 1. The van der Waals surface area contributed by atoms with E-state index in [1.807, 2.05) is 0 Å². The van der Waals surface area contributed by atoms with Gasteiger partial charge in [-0.3, -0.25) is 9.69 Å². The Kier molecular flexibility index (Phi) is 5.31. The molecule has 1 aliphatic rings. The number of primary amides is 1. The summed E-state index contributed by atoms with van der Waals surface area (Å²) in [5, 5.41) is 0. The van der Waals surface area contributed by atoms with Gasteiger partial charge in [0.15, 0.2) is 0 Å². The second-order valence-corrected chi connectivity index (χ2v) is 5.80. The van der Waals surface area contributed by atoms with Crippen molar-refractivity contribution >= 4 is 5.91 Å². The fourth-order valence-electron chi connectivity index (χ4n) is 3.01. The van der Waals surface area contributed by atoms with Gasteiger partial charge in [-0.2, -0.15) is 0 Å². The molecule has 116 valence electrons. The molecule has 0 bridgehead atoms. The molecule has 1 aliphatic carbocycles. The Hall–Kier alpha value is -1.46. The van der Waals surface area contributed by atoms with E-state index in [0.717, 1.165) is 32.2 Å². The number of carbonyl (C=O) groups is 1. The van der Waals surface area contributed by atoms with Crippen molar-refractivity contribution in [3.05, 3.63) is 35.1 Å². The molecule has 1 aromatic carbocycles. The lowest BCUT2D eigenvalue weighted by atomic mass is 9.90. The Morgan fingerprint density at radius 3 is 2.52 bits per heavy atom. The summed E-state index contributed by atoms with van der Waals surface area (Å²) >= 11 is 0. The van der Waals surface area contributed by atoms with Gasteiger partial charge in [-0.15, -0.1) is 0 Å². The van der Waals surface area contributed by atoms with Crippen LogP contribution in [0.2, 0.25) is 0 Å². The second-order valence-electron chi connectivity index (χ2n) is 5.80. The average molecular weight is 293 g/mol. The van der Waals surface area contributed by atoms with Crippen molar-refractivity contribution in [3.63, 3.8) is 0 Å². The third kappa shape index (κ3) is 4.02. The van der Waals surface area contributed by atoms with E-state index in [-0.39, 0.29) is 11.4 Å². The minimum absolute atomic E-state index is 0.211. The van der Waals surface area contributed by atoms with Crippen molar-refractivity contribution in [2.75, 3.05) is 6.54 Å². The molecule has 4 N–H and O–H groups in total. The van der Waals surface area contributed by atoms with Gasteiger partial charge in [0.2, 0.25) is 5.91 Å². The maximum atomic E-state index is 14.1. The number of benzene rings is 1. The standard InChI is InChI=1S/C16H24FN3O/c1-2-20(14-7-5-13(18)6-8-14)10-12-4-3-11(16(19)21)9-15(12)17/h3-4,9,13-14H,2,5-8,10,18H2,1H3,(H2,19,21). The van der Waals surface area contributed by atoms with Gasteiger partial charge in [0.05, 0.1) is 0 Å². The maximum absolute atomic E-state index is 14.1. The molecular formula is C16H24FN3O. The van der Waals surface area contributed by atoms with Crippen LogP contribution in [0, 0.1) is 5.82 Å². The molecule has 0 radical (unpaired) electrons. The van der Waals surface area contributed by atoms with Gasteiger partial charge in [-0.1, -0.05) is 13.0 Å². The maximum Gasteiger partial charge on any atom is 0.248 e. The van der Waals surface area contributed by atoms with Gasteiger partial charge in [-0.25, -0.2) is 4.39 Å². The van der Waals surface area contributed by atoms with E-state index in [4.69, 9.17) is 11.5 Å². The predicted molar refractivity (Wildman–Crippen MR) is 81.2 cm³/mol. The summed E-state index contributed by atoms with van der Waals surface area (Å²) in [4.78, 5) is 13.3. The van der Waals surface area contributed by atoms with Crippen LogP contribution in [0.4, 0.5) is 4.39 Å². The summed E-state index contributed by atoms with van der Waals surface area (Å²) in [6.45, 7) is 3.52. The van der Waals surface area contributed by atoms with Crippen molar-refractivity contribution in [2.45, 2.75) is 51.2 Å². The summed E-state index contributed by atoms with van der Waals surface area (Å²) < 4.78 is 14.1. The summed E-state index contributed by atoms with van der Waals surface area (Å²) in [5.74, 6) is -0.966. The summed E-state index contributed by atoms with van der Waals surface area (Å²) in [7, 11) is 0. The minimum Gasteiger partial charge on any atom is -0.366 e. The van der Waals surface area contributed by atoms with Crippen LogP contribution in [-0.4, -0.2) is 29.4 Å². The van der Waals surface area contributed by atoms with Crippen LogP contribution in [0.15, 0.2) is 18.2 Å². The lowest BCUT2D eigenvalue weighted by Gasteiger charge is -2.35. The van der Waals surface area contributed by atoms with Crippen molar-refractivity contribution in [3.8, 4) is 0 Å². The molecule has 2 rings (SSSR count). The molecule has 0 heterocycles. The van der Waals surface area contributed by atoms with E-state index < -0.39 is 5.91 Å². The van der Waals surface area contributed by atoms with Crippen LogP contribution >= 0.6 is 0 Å². The van der Waals surface area contributed by atoms with E-state index in [2.05, 4.69) is 11.8 Å². The molecule has 0 aromatic heterocycles. The number of hydrogen-bond acceptors (Lipinski definition) is 3. The molecule has 1 saturated carbocycles. The van der Waals surface area contributed by atoms with Gasteiger partial charge in [0.25, 0.3) is 0 Å². The lowest BCUT2D eigenvalue weighted by Crippen LogP contribution is -2.40. The van der Waals surface area contributed by atoms with Gasteiger partial charge in [0.1, 0.15) is 5.82 Å². The summed E-state index contributed by atoms with van der Waals surface area (Å²) in [5.41, 5.74) is 11.9. The van der Waals surface area contributed by atoms with Crippen molar-refractivity contribution in [2.24, 2.45) is 11.5 Å². The van der Waals surface area contributed by atoms with Crippen molar-refractivity contribution in [1.29, 1.82) is 0 Å². The number of rotatable bonds is 5. The highest BCUT2D eigenvalue weighted by Gasteiger charge is 2.24. The number of amides is 1. The smallest absolute Gasteiger partial charge is 0.248 e. The Balaban J connectivity index is 2.06. The second kappa shape index (κ2) is 7.00. The molecule has 0 saturated heterocycles. The lowest BCUT2D eigenvalue weighted by molar-refractivity contribution is 0.0999. The van der Waals surface area contributed by atoms with Gasteiger partial charge in [0, 0.05) is 29.8 Å². The van der Waals surface area contributed by atoms with E-state index in [0.29, 0.717) is 24.2 Å².